The zero-order valence-electron chi connectivity index (χ0n) is 22.7. The highest BCUT2D eigenvalue weighted by atomic mass is 32.1. The fraction of sp³-hybridized carbons (Fsp3) is 0.433. The molecule has 0 bridgehead atoms. The second-order valence-electron chi connectivity index (χ2n) is 10.1. The number of hydrogen-bond donors (Lipinski definition) is 3. The quantitative estimate of drug-likeness (QED) is 0.254. The SMILES string of the molecule is CCC[C@H](NC(=O)[C@@H](O)c1cc(F)cc(F)c1)C(=O)Nc1nc(C)c(-c2ccccc2COC2CCCCC2)s1. The van der Waals surface area contributed by atoms with Crippen LogP contribution >= 0.6 is 11.3 Å². The van der Waals surface area contributed by atoms with Gasteiger partial charge in [0.2, 0.25) is 5.91 Å². The highest BCUT2D eigenvalue weighted by Gasteiger charge is 2.27. The van der Waals surface area contributed by atoms with Crippen LogP contribution in [0.15, 0.2) is 42.5 Å². The zero-order chi connectivity index (χ0) is 28.6. The molecule has 1 saturated carbocycles. The van der Waals surface area contributed by atoms with Gasteiger partial charge in [0.05, 0.1) is 23.3 Å². The molecule has 214 valence electrons. The molecule has 1 heterocycles. The first-order valence-electron chi connectivity index (χ1n) is 13.7. The number of aryl methyl sites for hydroxylation is 1. The number of carbonyl (C=O) groups is 2. The molecule has 3 aromatic rings. The standard InChI is InChI=1S/C30H35F2N3O4S/c1-3-9-25(34-29(38)26(36)20-14-21(31)16-22(32)15-20)28(37)35-30-33-18(2)27(40-30)24-13-8-7-10-19(24)17-39-23-11-5-4-6-12-23/h7-8,10,13-16,23,25-26,36H,3-6,9,11-12,17H2,1-2H3,(H,34,38)(H,33,35,37)/t25-,26-/m0/s1. The Labute approximate surface area is 237 Å². The van der Waals surface area contributed by atoms with Crippen molar-refractivity contribution in [2.24, 2.45) is 0 Å². The predicted molar refractivity (Wildman–Crippen MR) is 151 cm³/mol. The number of nitrogens with zero attached hydrogens (tertiary/aromatic N) is 1. The van der Waals surface area contributed by atoms with Gasteiger partial charge in [-0.25, -0.2) is 13.8 Å². The van der Waals surface area contributed by atoms with Gasteiger partial charge in [0, 0.05) is 6.07 Å². The maximum atomic E-state index is 13.6. The molecule has 2 amide bonds. The predicted octanol–water partition coefficient (Wildman–Crippen LogP) is 6.20. The summed E-state index contributed by atoms with van der Waals surface area (Å²) in [6, 6.07) is 9.41. The first-order valence-corrected chi connectivity index (χ1v) is 14.5. The first kappa shape index (κ1) is 29.8. The van der Waals surface area contributed by atoms with E-state index in [0.29, 0.717) is 30.6 Å². The van der Waals surface area contributed by atoms with Gasteiger partial charge in [0.15, 0.2) is 11.2 Å². The Morgan fingerprint density at radius 3 is 2.50 bits per heavy atom. The van der Waals surface area contributed by atoms with Crippen molar-refractivity contribution in [2.75, 3.05) is 5.32 Å². The Kier molecular flexibility index (Phi) is 10.4. The molecule has 2 aromatic carbocycles. The number of thiazole rings is 1. The molecule has 7 nitrogen and oxygen atoms in total. The Morgan fingerprint density at radius 2 is 1.80 bits per heavy atom. The second-order valence-corrected chi connectivity index (χ2v) is 11.1. The Balaban J connectivity index is 1.44. The third-order valence-electron chi connectivity index (χ3n) is 6.97. The minimum Gasteiger partial charge on any atom is -0.378 e. The van der Waals surface area contributed by atoms with Crippen LogP contribution in [0.1, 0.15) is 74.8 Å². The molecule has 2 atom stereocenters. The van der Waals surface area contributed by atoms with Gasteiger partial charge in [-0.3, -0.25) is 9.59 Å². The number of anilines is 1. The third-order valence-corrected chi connectivity index (χ3v) is 8.08. The molecule has 4 rings (SSSR count). The molecule has 1 fully saturated rings. The highest BCUT2D eigenvalue weighted by Crippen LogP contribution is 2.35. The molecule has 0 radical (unpaired) electrons. The van der Waals surface area contributed by atoms with Gasteiger partial charge < -0.3 is 20.5 Å². The molecule has 3 N–H and O–H groups in total. The maximum absolute atomic E-state index is 13.6. The number of ether oxygens (including phenoxy) is 1. The van der Waals surface area contributed by atoms with E-state index in [1.54, 1.807) is 0 Å². The Hall–Kier alpha value is -3.21. The summed E-state index contributed by atoms with van der Waals surface area (Å²) in [4.78, 5) is 31.2. The van der Waals surface area contributed by atoms with Gasteiger partial charge in [0.1, 0.15) is 17.7 Å². The van der Waals surface area contributed by atoms with Gasteiger partial charge in [-0.2, -0.15) is 0 Å². The van der Waals surface area contributed by atoms with Crippen molar-refractivity contribution in [3.63, 3.8) is 0 Å². The van der Waals surface area contributed by atoms with Crippen molar-refractivity contribution in [3.05, 3.63) is 70.9 Å². The first-order chi connectivity index (χ1) is 19.2. The van der Waals surface area contributed by atoms with Crippen LogP contribution in [-0.4, -0.2) is 34.1 Å². The van der Waals surface area contributed by atoms with E-state index in [1.807, 2.05) is 38.1 Å². The molecular weight excluding hydrogens is 536 g/mol. The van der Waals surface area contributed by atoms with Crippen molar-refractivity contribution in [2.45, 2.75) is 83.6 Å². The molecule has 0 spiro atoms. The fourth-order valence-corrected chi connectivity index (χ4v) is 5.92. The van der Waals surface area contributed by atoms with Crippen molar-refractivity contribution < 1.29 is 28.2 Å². The van der Waals surface area contributed by atoms with Crippen LogP contribution in [0.2, 0.25) is 0 Å². The maximum Gasteiger partial charge on any atom is 0.254 e. The lowest BCUT2D eigenvalue weighted by Crippen LogP contribution is -2.45. The number of nitrogens with one attached hydrogen (secondary N) is 2. The lowest BCUT2D eigenvalue weighted by molar-refractivity contribution is -0.133. The summed E-state index contributed by atoms with van der Waals surface area (Å²) in [7, 11) is 0. The van der Waals surface area contributed by atoms with Gasteiger partial charge >= 0.3 is 0 Å². The zero-order valence-corrected chi connectivity index (χ0v) is 23.5. The van der Waals surface area contributed by atoms with E-state index >= 15 is 0 Å². The summed E-state index contributed by atoms with van der Waals surface area (Å²) in [6.45, 7) is 4.23. The second kappa shape index (κ2) is 13.9. The van der Waals surface area contributed by atoms with Crippen molar-refractivity contribution in [3.8, 4) is 10.4 Å². The van der Waals surface area contributed by atoms with Gasteiger partial charge in [0.25, 0.3) is 5.91 Å². The number of halogens is 2. The van der Waals surface area contributed by atoms with Crippen LogP contribution in [0.5, 0.6) is 0 Å². The number of carbonyl (C=O) groups excluding carboxylic acids is 2. The van der Waals surface area contributed by atoms with Gasteiger partial charge in [-0.1, -0.05) is 68.2 Å². The number of aliphatic hydroxyl groups excluding tert-OH is 1. The normalized spacial score (nSPS) is 15.4. The van der Waals surface area contributed by atoms with Crippen molar-refractivity contribution in [1.29, 1.82) is 0 Å². The highest BCUT2D eigenvalue weighted by molar-refractivity contribution is 7.19. The van der Waals surface area contributed by atoms with Crippen molar-refractivity contribution in [1.82, 2.24) is 10.3 Å². The minimum absolute atomic E-state index is 0.239. The summed E-state index contributed by atoms with van der Waals surface area (Å²) in [5.41, 5.74) is 2.57. The molecule has 1 aliphatic carbocycles. The minimum atomic E-state index is -1.83. The number of aromatic nitrogens is 1. The lowest BCUT2D eigenvalue weighted by atomic mass is 9.97. The summed E-state index contributed by atoms with van der Waals surface area (Å²) >= 11 is 1.33. The average Bonchev–Trinajstić information content (AvgIpc) is 3.30. The molecule has 0 saturated heterocycles. The fourth-order valence-electron chi connectivity index (χ4n) is 4.89. The van der Waals surface area contributed by atoms with Crippen molar-refractivity contribution >= 4 is 28.3 Å². The number of benzene rings is 2. The van der Waals surface area contributed by atoms with E-state index in [4.69, 9.17) is 4.74 Å². The topological polar surface area (TPSA) is 101 Å². The largest absolute Gasteiger partial charge is 0.378 e. The van der Waals surface area contributed by atoms with Crippen LogP contribution in [-0.2, 0) is 20.9 Å². The van der Waals surface area contributed by atoms with E-state index in [9.17, 15) is 23.5 Å². The molecular formula is C30H35F2N3O4S. The molecule has 1 aliphatic rings. The van der Waals surface area contributed by atoms with Crippen LogP contribution in [0.4, 0.5) is 13.9 Å². The number of rotatable bonds is 11. The van der Waals surface area contributed by atoms with E-state index in [1.165, 1.54) is 30.6 Å². The van der Waals surface area contributed by atoms with E-state index in [-0.39, 0.29) is 11.7 Å². The van der Waals surface area contributed by atoms with Crippen LogP contribution < -0.4 is 10.6 Å². The smallest absolute Gasteiger partial charge is 0.254 e. The molecule has 1 aromatic heterocycles. The molecule has 40 heavy (non-hydrogen) atoms. The summed E-state index contributed by atoms with van der Waals surface area (Å²) in [6.07, 6.45) is 5.15. The van der Waals surface area contributed by atoms with Crippen LogP contribution in [0.25, 0.3) is 10.4 Å². The van der Waals surface area contributed by atoms with Gasteiger partial charge in [-0.15, -0.1) is 0 Å². The summed E-state index contributed by atoms with van der Waals surface area (Å²) < 4.78 is 33.3. The van der Waals surface area contributed by atoms with E-state index in [0.717, 1.165) is 46.7 Å². The summed E-state index contributed by atoms with van der Waals surface area (Å²) in [5, 5.41) is 16.0. The third kappa shape index (κ3) is 7.71. The molecule has 0 unspecified atom stereocenters. The monoisotopic (exact) mass is 571 g/mol. The number of hydrogen-bond acceptors (Lipinski definition) is 6. The Bertz CT molecular complexity index is 1310. The summed E-state index contributed by atoms with van der Waals surface area (Å²) in [5.74, 6) is -3.26. The number of aliphatic hydroxyl groups is 1. The molecule has 0 aliphatic heterocycles. The van der Waals surface area contributed by atoms with Crippen LogP contribution in [0, 0.1) is 18.6 Å². The van der Waals surface area contributed by atoms with Crippen LogP contribution in [0.3, 0.4) is 0 Å². The molecule has 10 heteroatoms. The van der Waals surface area contributed by atoms with E-state index < -0.39 is 35.6 Å². The van der Waals surface area contributed by atoms with E-state index in [2.05, 4.69) is 15.6 Å². The Morgan fingerprint density at radius 1 is 1.10 bits per heavy atom. The lowest BCUT2D eigenvalue weighted by Gasteiger charge is -2.22. The van der Waals surface area contributed by atoms with Gasteiger partial charge in [-0.05, 0) is 55.0 Å². The average molecular weight is 572 g/mol. The number of amides is 2.